The second-order valence-electron chi connectivity index (χ2n) is 4.47. The second kappa shape index (κ2) is 4.09. The number of hydrogen-bond acceptors (Lipinski definition) is 3. The first kappa shape index (κ1) is 11.0. The predicted molar refractivity (Wildman–Crippen MR) is 73.7 cm³/mol. The van der Waals surface area contributed by atoms with Gasteiger partial charge in [0.1, 0.15) is 12.1 Å². The molecule has 0 aliphatic heterocycles. The van der Waals surface area contributed by atoms with Crippen molar-refractivity contribution in [2.45, 2.75) is 0 Å². The van der Waals surface area contributed by atoms with E-state index in [9.17, 15) is 4.39 Å². The van der Waals surface area contributed by atoms with Gasteiger partial charge in [-0.15, -0.1) is 5.10 Å². The molecule has 0 amide bonds. The molecule has 96 valence electrons. The number of aromatic nitrogens is 4. The molecule has 0 N–H and O–H groups in total. The van der Waals surface area contributed by atoms with Gasteiger partial charge in [-0.25, -0.2) is 18.9 Å². The van der Waals surface area contributed by atoms with Crippen molar-refractivity contribution in [3.63, 3.8) is 0 Å². The summed E-state index contributed by atoms with van der Waals surface area (Å²) in [5.74, 6) is 0.285. The van der Waals surface area contributed by atoms with Gasteiger partial charge in [0, 0.05) is 10.9 Å². The predicted octanol–water partition coefficient (Wildman–Crippen LogP) is 3.08. The average molecular weight is 264 g/mol. The Morgan fingerprint density at radius 1 is 0.950 bits per heavy atom. The lowest BCUT2D eigenvalue weighted by atomic mass is 10.2. The molecule has 0 aliphatic carbocycles. The van der Waals surface area contributed by atoms with Gasteiger partial charge in [-0.2, -0.15) is 0 Å². The normalized spacial score (nSPS) is 11.2. The Kier molecular flexibility index (Phi) is 2.26. The molecule has 0 fully saturated rings. The van der Waals surface area contributed by atoms with Crippen LogP contribution in [0.3, 0.4) is 0 Å². The highest BCUT2D eigenvalue weighted by molar-refractivity contribution is 5.91. The molecule has 0 spiro atoms. The van der Waals surface area contributed by atoms with Gasteiger partial charge in [-0.1, -0.05) is 12.1 Å². The van der Waals surface area contributed by atoms with Crippen molar-refractivity contribution < 1.29 is 4.39 Å². The van der Waals surface area contributed by atoms with Crippen LogP contribution in [-0.2, 0) is 0 Å². The van der Waals surface area contributed by atoms with Crippen molar-refractivity contribution in [2.24, 2.45) is 0 Å². The number of hydrogen-bond donors (Lipinski definition) is 0. The van der Waals surface area contributed by atoms with Gasteiger partial charge in [-0.05, 0) is 36.4 Å². The van der Waals surface area contributed by atoms with Crippen LogP contribution in [0.15, 0.2) is 54.9 Å². The molecule has 2 aromatic carbocycles. The van der Waals surface area contributed by atoms with Crippen molar-refractivity contribution in [2.75, 3.05) is 0 Å². The first-order valence-electron chi connectivity index (χ1n) is 6.17. The number of fused-ring (bicyclic) bond motifs is 3. The number of benzene rings is 2. The van der Waals surface area contributed by atoms with E-state index in [4.69, 9.17) is 0 Å². The lowest BCUT2D eigenvalue weighted by Gasteiger charge is -1.96. The minimum absolute atomic E-state index is 0.273. The first-order chi connectivity index (χ1) is 9.81. The maximum atomic E-state index is 13.0. The molecule has 0 unspecified atom stereocenters. The lowest BCUT2D eigenvalue weighted by Crippen LogP contribution is -1.90. The maximum absolute atomic E-state index is 13.0. The molecule has 0 bridgehead atoms. The summed E-state index contributed by atoms with van der Waals surface area (Å²) in [5.41, 5.74) is 2.40. The quantitative estimate of drug-likeness (QED) is 0.530. The molecule has 2 heterocycles. The smallest absolute Gasteiger partial charge is 0.182 e. The summed E-state index contributed by atoms with van der Waals surface area (Å²) >= 11 is 0. The summed E-state index contributed by atoms with van der Waals surface area (Å²) in [6, 6.07) is 13.9. The highest BCUT2D eigenvalue weighted by Gasteiger charge is 2.09. The Labute approximate surface area is 113 Å². The largest absolute Gasteiger partial charge is 0.236 e. The van der Waals surface area contributed by atoms with Crippen molar-refractivity contribution in [1.82, 2.24) is 19.6 Å². The summed E-state index contributed by atoms with van der Waals surface area (Å²) in [6.45, 7) is 0. The summed E-state index contributed by atoms with van der Waals surface area (Å²) in [6.07, 6.45) is 1.64. The van der Waals surface area contributed by atoms with Crippen molar-refractivity contribution in [3.05, 3.63) is 60.7 Å². The van der Waals surface area contributed by atoms with E-state index in [1.807, 2.05) is 24.3 Å². The van der Waals surface area contributed by atoms with E-state index in [1.165, 1.54) is 12.1 Å². The molecule has 0 atom stereocenters. The molecule has 0 aliphatic rings. The van der Waals surface area contributed by atoms with E-state index >= 15 is 0 Å². The zero-order valence-electron chi connectivity index (χ0n) is 10.4. The van der Waals surface area contributed by atoms with E-state index < -0.39 is 0 Å². The molecule has 5 heteroatoms. The average Bonchev–Trinajstić information content (AvgIpc) is 2.92. The fraction of sp³-hybridized carbons (Fsp3) is 0. The Morgan fingerprint density at radius 3 is 2.60 bits per heavy atom. The summed E-state index contributed by atoms with van der Waals surface area (Å²) in [7, 11) is 0. The SMILES string of the molecule is Fc1ccc(-c2nc3c4ccccc4ncn3n2)cc1. The Balaban J connectivity index is 1.98. The van der Waals surface area contributed by atoms with Crippen LogP contribution in [0.25, 0.3) is 27.9 Å². The van der Waals surface area contributed by atoms with E-state index in [0.717, 1.165) is 22.1 Å². The van der Waals surface area contributed by atoms with Crippen LogP contribution < -0.4 is 0 Å². The van der Waals surface area contributed by atoms with Crippen molar-refractivity contribution in [3.8, 4) is 11.4 Å². The van der Waals surface area contributed by atoms with E-state index in [-0.39, 0.29) is 5.82 Å². The van der Waals surface area contributed by atoms with Crippen LogP contribution in [0.1, 0.15) is 0 Å². The van der Waals surface area contributed by atoms with E-state index in [1.54, 1.807) is 23.0 Å². The number of para-hydroxylation sites is 1. The second-order valence-corrected chi connectivity index (χ2v) is 4.47. The van der Waals surface area contributed by atoms with Crippen LogP contribution in [0.4, 0.5) is 4.39 Å². The molecule has 0 radical (unpaired) electrons. The van der Waals surface area contributed by atoms with Crippen LogP contribution in [0.2, 0.25) is 0 Å². The van der Waals surface area contributed by atoms with E-state index in [0.29, 0.717) is 5.82 Å². The topological polar surface area (TPSA) is 43.1 Å². The zero-order chi connectivity index (χ0) is 13.5. The molecule has 0 saturated carbocycles. The molecule has 4 nitrogen and oxygen atoms in total. The van der Waals surface area contributed by atoms with Crippen molar-refractivity contribution in [1.29, 1.82) is 0 Å². The fourth-order valence-electron chi connectivity index (χ4n) is 2.20. The minimum atomic E-state index is -0.273. The highest BCUT2D eigenvalue weighted by Crippen LogP contribution is 2.20. The first-order valence-corrected chi connectivity index (χ1v) is 6.17. The fourth-order valence-corrected chi connectivity index (χ4v) is 2.20. The number of nitrogens with zero attached hydrogens (tertiary/aromatic N) is 4. The van der Waals surface area contributed by atoms with Crippen LogP contribution >= 0.6 is 0 Å². The Hall–Kier alpha value is -2.82. The molecule has 4 aromatic rings. The lowest BCUT2D eigenvalue weighted by molar-refractivity contribution is 0.628. The Morgan fingerprint density at radius 2 is 1.75 bits per heavy atom. The van der Waals surface area contributed by atoms with Crippen LogP contribution in [-0.4, -0.2) is 19.6 Å². The summed E-state index contributed by atoms with van der Waals surface area (Å²) < 4.78 is 14.6. The van der Waals surface area contributed by atoms with Gasteiger partial charge in [0.25, 0.3) is 0 Å². The summed E-state index contributed by atoms with van der Waals surface area (Å²) in [4.78, 5) is 8.86. The van der Waals surface area contributed by atoms with Crippen LogP contribution in [0, 0.1) is 5.82 Å². The third kappa shape index (κ3) is 1.64. The van der Waals surface area contributed by atoms with Crippen LogP contribution in [0.5, 0.6) is 0 Å². The van der Waals surface area contributed by atoms with Gasteiger partial charge in [-0.3, -0.25) is 0 Å². The maximum Gasteiger partial charge on any atom is 0.182 e. The monoisotopic (exact) mass is 264 g/mol. The summed E-state index contributed by atoms with van der Waals surface area (Å²) in [5, 5.41) is 5.32. The third-order valence-corrected chi connectivity index (χ3v) is 3.18. The van der Waals surface area contributed by atoms with Gasteiger partial charge >= 0.3 is 0 Å². The van der Waals surface area contributed by atoms with Gasteiger partial charge in [0.2, 0.25) is 0 Å². The zero-order valence-corrected chi connectivity index (χ0v) is 10.4. The van der Waals surface area contributed by atoms with Gasteiger partial charge in [0.15, 0.2) is 11.5 Å². The minimum Gasteiger partial charge on any atom is -0.236 e. The molecule has 20 heavy (non-hydrogen) atoms. The molecule has 2 aromatic heterocycles. The standard InChI is InChI=1S/C15H9FN4/c16-11-7-5-10(6-8-11)14-18-15-12-3-1-2-4-13(12)17-9-20(15)19-14/h1-9H. The third-order valence-electron chi connectivity index (χ3n) is 3.18. The molecular formula is C15H9FN4. The number of halogens is 1. The Bertz CT molecular complexity index is 912. The van der Waals surface area contributed by atoms with Gasteiger partial charge in [0.05, 0.1) is 5.52 Å². The molecule has 4 rings (SSSR count). The van der Waals surface area contributed by atoms with E-state index in [2.05, 4.69) is 15.1 Å². The van der Waals surface area contributed by atoms with Crippen molar-refractivity contribution >= 4 is 16.6 Å². The number of rotatable bonds is 1. The van der Waals surface area contributed by atoms with Gasteiger partial charge < -0.3 is 0 Å². The molecule has 0 saturated heterocycles. The highest BCUT2D eigenvalue weighted by atomic mass is 19.1. The molecular weight excluding hydrogens is 255 g/mol.